The number of likely N-dealkylation sites (tertiary alicyclic amines) is 1. The predicted octanol–water partition coefficient (Wildman–Crippen LogP) is 2.84. The van der Waals surface area contributed by atoms with Gasteiger partial charge in [0, 0.05) is 48.9 Å². The topological polar surface area (TPSA) is 127 Å². The molecule has 8 nitrogen and oxygen atoms in total. The number of benzene rings is 2. The van der Waals surface area contributed by atoms with E-state index in [1.54, 1.807) is 18.5 Å². The predicted molar refractivity (Wildman–Crippen MR) is 144 cm³/mol. The van der Waals surface area contributed by atoms with E-state index in [2.05, 4.69) is 27.0 Å². The lowest BCUT2D eigenvalue weighted by Gasteiger charge is -2.32. The van der Waals surface area contributed by atoms with Gasteiger partial charge in [-0.3, -0.25) is 4.79 Å². The molecule has 0 bridgehead atoms. The van der Waals surface area contributed by atoms with Crippen LogP contribution in [0.15, 0.2) is 55.0 Å². The third-order valence-electron chi connectivity index (χ3n) is 7.22. The summed E-state index contributed by atoms with van der Waals surface area (Å²) in [6, 6.07) is 10.4. The molecular weight excluding hydrogens is 450 g/mol. The van der Waals surface area contributed by atoms with Crippen LogP contribution in [0.25, 0.3) is 16.6 Å². The molecule has 36 heavy (non-hydrogen) atoms. The van der Waals surface area contributed by atoms with Gasteiger partial charge in [-0.05, 0) is 91.1 Å². The number of anilines is 1. The van der Waals surface area contributed by atoms with Crippen molar-refractivity contribution >= 4 is 28.3 Å². The molecular formula is C28H33N7O. The Morgan fingerprint density at radius 3 is 2.64 bits per heavy atom. The molecule has 6 N–H and O–H groups in total. The summed E-state index contributed by atoms with van der Waals surface area (Å²) in [5, 5.41) is 0.959. The fourth-order valence-electron chi connectivity index (χ4n) is 5.16. The monoisotopic (exact) mass is 483 g/mol. The average Bonchev–Trinajstić information content (AvgIpc) is 2.90. The Labute approximate surface area is 211 Å². The Morgan fingerprint density at radius 1 is 1.06 bits per heavy atom. The molecule has 0 atom stereocenters. The van der Waals surface area contributed by atoms with Crippen molar-refractivity contribution in [3.63, 3.8) is 0 Å². The minimum absolute atomic E-state index is 0.0865. The number of piperidine rings is 1. The van der Waals surface area contributed by atoms with Crippen molar-refractivity contribution < 1.29 is 4.79 Å². The Balaban J connectivity index is 1.46. The van der Waals surface area contributed by atoms with E-state index in [1.165, 1.54) is 11.8 Å². The summed E-state index contributed by atoms with van der Waals surface area (Å²) in [4.78, 5) is 26.6. The second-order valence-electron chi connectivity index (χ2n) is 9.68. The zero-order chi connectivity index (χ0) is 25.2. The van der Waals surface area contributed by atoms with Gasteiger partial charge in [0.2, 0.25) is 0 Å². The smallest absolute Gasteiger partial charge is 0.253 e. The summed E-state index contributed by atoms with van der Waals surface area (Å²) in [6.07, 6.45) is 9.18. The zero-order valence-electron chi connectivity index (χ0n) is 20.7. The third-order valence-corrected chi connectivity index (χ3v) is 7.22. The second kappa shape index (κ2) is 9.99. The van der Waals surface area contributed by atoms with Crippen molar-refractivity contribution in [1.29, 1.82) is 0 Å². The maximum Gasteiger partial charge on any atom is 0.253 e. The van der Waals surface area contributed by atoms with E-state index in [9.17, 15) is 4.79 Å². The lowest BCUT2D eigenvalue weighted by molar-refractivity contribution is 0.0714. The number of allylic oxidation sites excluding steroid dienone is 2. The SMILES string of the molecule is Cc1cc(/C(N)=C/C=C\N)cc2c(N3CCc4ccc(C(=O)N5CCC(N)CC5)cc4C3)ncnc12. The molecule has 2 aliphatic heterocycles. The van der Waals surface area contributed by atoms with Gasteiger partial charge in [0.25, 0.3) is 5.91 Å². The molecule has 0 aliphatic carbocycles. The number of aryl methyl sites for hydroxylation is 1. The first-order chi connectivity index (χ1) is 17.4. The number of hydrogen-bond donors (Lipinski definition) is 3. The maximum atomic E-state index is 13.2. The van der Waals surface area contributed by atoms with E-state index >= 15 is 0 Å². The first-order valence-electron chi connectivity index (χ1n) is 12.5. The van der Waals surface area contributed by atoms with Crippen molar-refractivity contribution in [3.8, 4) is 0 Å². The fraction of sp³-hybridized carbons (Fsp3) is 0.321. The summed E-state index contributed by atoms with van der Waals surface area (Å²) in [5.41, 5.74) is 24.4. The van der Waals surface area contributed by atoms with Crippen molar-refractivity contribution in [2.24, 2.45) is 17.2 Å². The van der Waals surface area contributed by atoms with Crippen LogP contribution in [0.4, 0.5) is 5.82 Å². The van der Waals surface area contributed by atoms with E-state index in [-0.39, 0.29) is 11.9 Å². The summed E-state index contributed by atoms with van der Waals surface area (Å²) >= 11 is 0. The first kappa shape index (κ1) is 23.8. The molecule has 3 heterocycles. The molecule has 0 radical (unpaired) electrons. The highest BCUT2D eigenvalue weighted by atomic mass is 16.2. The highest BCUT2D eigenvalue weighted by Crippen LogP contribution is 2.32. The second-order valence-corrected chi connectivity index (χ2v) is 9.68. The lowest BCUT2D eigenvalue weighted by atomic mass is 9.96. The van der Waals surface area contributed by atoms with Gasteiger partial charge in [0.15, 0.2) is 0 Å². The maximum absolute atomic E-state index is 13.2. The number of carbonyl (C=O) groups is 1. The van der Waals surface area contributed by atoms with Crippen molar-refractivity contribution in [1.82, 2.24) is 14.9 Å². The molecule has 3 aromatic rings. The van der Waals surface area contributed by atoms with Gasteiger partial charge in [-0.25, -0.2) is 9.97 Å². The largest absolute Gasteiger partial charge is 0.405 e. The average molecular weight is 484 g/mol. The highest BCUT2D eigenvalue weighted by Gasteiger charge is 2.25. The van der Waals surface area contributed by atoms with Crippen LogP contribution in [0.3, 0.4) is 0 Å². The molecule has 2 aliphatic rings. The number of carbonyl (C=O) groups excluding carboxylic acids is 1. The molecule has 0 saturated carbocycles. The quantitative estimate of drug-likeness (QED) is 0.487. The van der Waals surface area contributed by atoms with Gasteiger partial charge in [-0.1, -0.05) is 6.07 Å². The number of rotatable bonds is 4. The molecule has 0 spiro atoms. The van der Waals surface area contributed by atoms with E-state index in [4.69, 9.17) is 17.2 Å². The number of fused-ring (bicyclic) bond motifs is 2. The van der Waals surface area contributed by atoms with Gasteiger partial charge in [0.05, 0.1) is 5.52 Å². The van der Waals surface area contributed by atoms with Crippen LogP contribution in [0.5, 0.6) is 0 Å². The minimum Gasteiger partial charge on any atom is -0.405 e. The Morgan fingerprint density at radius 2 is 1.86 bits per heavy atom. The van der Waals surface area contributed by atoms with Crippen molar-refractivity contribution in [3.05, 3.63) is 82.8 Å². The number of amides is 1. The fourth-order valence-corrected chi connectivity index (χ4v) is 5.16. The number of hydrogen-bond acceptors (Lipinski definition) is 7. The Bertz CT molecular complexity index is 1360. The van der Waals surface area contributed by atoms with Crippen LogP contribution in [-0.2, 0) is 13.0 Å². The van der Waals surface area contributed by atoms with Gasteiger partial charge < -0.3 is 27.0 Å². The first-order valence-corrected chi connectivity index (χ1v) is 12.5. The van der Waals surface area contributed by atoms with Crippen LogP contribution >= 0.6 is 0 Å². The lowest BCUT2D eigenvalue weighted by Crippen LogP contribution is -2.43. The van der Waals surface area contributed by atoms with E-state index in [0.29, 0.717) is 12.2 Å². The molecule has 1 saturated heterocycles. The highest BCUT2D eigenvalue weighted by molar-refractivity contribution is 5.95. The van der Waals surface area contributed by atoms with Crippen LogP contribution in [0, 0.1) is 6.92 Å². The summed E-state index contributed by atoms with van der Waals surface area (Å²) < 4.78 is 0. The molecule has 5 rings (SSSR count). The summed E-state index contributed by atoms with van der Waals surface area (Å²) in [6.45, 7) is 4.98. The molecule has 2 aromatic carbocycles. The van der Waals surface area contributed by atoms with Crippen LogP contribution < -0.4 is 22.1 Å². The van der Waals surface area contributed by atoms with E-state index in [1.807, 2.05) is 30.0 Å². The standard InChI is InChI=1S/C28H33N7O/c1-18-13-21(25(31)3-2-9-29)15-24-26(18)32-17-33-27(24)35-10-6-19-4-5-20(14-22(19)16-35)28(36)34-11-7-23(30)8-12-34/h2-5,9,13-15,17,23H,6-8,10-12,16,29-31H2,1H3/b9-2-,25-3-. The summed E-state index contributed by atoms with van der Waals surface area (Å²) in [5.74, 6) is 0.961. The third kappa shape index (κ3) is 4.64. The van der Waals surface area contributed by atoms with Crippen molar-refractivity contribution in [2.75, 3.05) is 24.5 Å². The molecule has 0 unspecified atom stereocenters. The van der Waals surface area contributed by atoms with Crippen molar-refractivity contribution in [2.45, 2.75) is 38.8 Å². The number of aromatic nitrogens is 2. The Kier molecular flexibility index (Phi) is 6.61. The normalized spacial score (nSPS) is 17.1. The molecule has 186 valence electrons. The van der Waals surface area contributed by atoms with Gasteiger partial charge in [0.1, 0.15) is 12.1 Å². The number of nitrogens with two attached hydrogens (primary N) is 3. The molecule has 1 fully saturated rings. The van der Waals surface area contributed by atoms with Gasteiger partial charge in [-0.2, -0.15) is 0 Å². The minimum atomic E-state index is 0.0865. The van der Waals surface area contributed by atoms with E-state index in [0.717, 1.165) is 77.9 Å². The van der Waals surface area contributed by atoms with Crippen LogP contribution in [0.2, 0.25) is 0 Å². The Hall–Kier alpha value is -3.91. The zero-order valence-corrected chi connectivity index (χ0v) is 20.7. The van der Waals surface area contributed by atoms with Crippen LogP contribution in [0.1, 0.15) is 45.5 Å². The van der Waals surface area contributed by atoms with Gasteiger partial charge in [-0.15, -0.1) is 0 Å². The van der Waals surface area contributed by atoms with Crippen LogP contribution in [-0.4, -0.2) is 46.5 Å². The molecule has 1 aromatic heterocycles. The molecule has 1 amide bonds. The van der Waals surface area contributed by atoms with E-state index < -0.39 is 0 Å². The number of nitrogens with zero attached hydrogens (tertiary/aromatic N) is 4. The summed E-state index contributed by atoms with van der Waals surface area (Å²) in [7, 11) is 0. The molecule has 8 heteroatoms. The van der Waals surface area contributed by atoms with Gasteiger partial charge >= 0.3 is 0 Å².